The summed E-state index contributed by atoms with van der Waals surface area (Å²) in [6.07, 6.45) is 1.22. The second kappa shape index (κ2) is 2.28. The molecule has 0 unspecified atom stereocenters. The van der Waals surface area contributed by atoms with E-state index in [0.29, 0.717) is 0 Å². The Balaban J connectivity index is 2.41. The van der Waals surface area contributed by atoms with E-state index in [9.17, 15) is 0 Å². The monoisotopic (exact) mass is 186 g/mol. The third-order valence-corrected chi connectivity index (χ3v) is 3.98. The van der Waals surface area contributed by atoms with Gasteiger partial charge in [0.05, 0.1) is 5.41 Å². The van der Waals surface area contributed by atoms with Crippen molar-refractivity contribution in [3.05, 3.63) is 29.3 Å². The second-order valence-electron chi connectivity index (χ2n) is 4.93. The summed E-state index contributed by atoms with van der Waals surface area (Å²) in [5, 5.41) is 0. The Hall–Kier alpha value is -1.11. The van der Waals surface area contributed by atoms with E-state index < -0.39 is 0 Å². The van der Waals surface area contributed by atoms with E-state index in [4.69, 9.17) is 0 Å². The average molecular weight is 186 g/mol. The third kappa shape index (κ3) is 0.742. The summed E-state index contributed by atoms with van der Waals surface area (Å²) in [5.74, 6) is 0. The molecule has 0 atom stereocenters. The summed E-state index contributed by atoms with van der Waals surface area (Å²) in [7, 11) is 0. The molecule has 0 spiro atoms. The molecule has 1 aromatic carbocycles. The van der Waals surface area contributed by atoms with Gasteiger partial charge in [-0.1, -0.05) is 18.2 Å². The van der Waals surface area contributed by atoms with E-state index in [2.05, 4.69) is 43.5 Å². The summed E-state index contributed by atoms with van der Waals surface area (Å²) in [4.78, 5) is 0. The van der Waals surface area contributed by atoms with Crippen molar-refractivity contribution in [3.8, 4) is 0 Å². The predicted octanol–water partition coefficient (Wildman–Crippen LogP) is 2.64. The maximum absolute atomic E-state index is 2.50. The molecule has 0 aliphatic carbocycles. The van der Waals surface area contributed by atoms with Gasteiger partial charge in [0.2, 0.25) is 5.69 Å². The van der Waals surface area contributed by atoms with Crippen LogP contribution in [0.15, 0.2) is 18.2 Å². The summed E-state index contributed by atoms with van der Waals surface area (Å²) in [5.41, 5.74) is 6.32. The van der Waals surface area contributed by atoms with Gasteiger partial charge in [-0.2, -0.15) is 4.58 Å². The molecule has 1 aromatic rings. The molecule has 0 aromatic heterocycles. The molecule has 0 N–H and O–H groups in total. The molecule has 2 heterocycles. The lowest BCUT2D eigenvalue weighted by Gasteiger charge is -2.15. The fraction of sp³-hybridized carbons (Fsp3) is 0.462. The summed E-state index contributed by atoms with van der Waals surface area (Å²) >= 11 is 0. The van der Waals surface area contributed by atoms with Crippen LogP contribution < -0.4 is 0 Å². The highest BCUT2D eigenvalue weighted by Crippen LogP contribution is 2.44. The first-order valence-electron chi connectivity index (χ1n) is 5.36. The Kier molecular flexibility index (Phi) is 1.34. The van der Waals surface area contributed by atoms with Crippen molar-refractivity contribution in [3.63, 3.8) is 0 Å². The van der Waals surface area contributed by atoms with Crippen molar-refractivity contribution in [2.75, 3.05) is 6.54 Å². The summed E-state index contributed by atoms with van der Waals surface area (Å²) in [6, 6.07) is 6.76. The lowest BCUT2D eigenvalue weighted by molar-refractivity contribution is -0.427. The van der Waals surface area contributed by atoms with E-state index in [1.807, 2.05) is 0 Å². The molecule has 1 heteroatoms. The van der Waals surface area contributed by atoms with Gasteiger partial charge < -0.3 is 0 Å². The van der Waals surface area contributed by atoms with Gasteiger partial charge in [-0.3, -0.25) is 0 Å². The highest BCUT2D eigenvalue weighted by atomic mass is 15.1. The number of para-hydroxylation sites is 1. The minimum atomic E-state index is 0.242. The van der Waals surface area contributed by atoms with Crippen molar-refractivity contribution in [1.29, 1.82) is 0 Å². The van der Waals surface area contributed by atoms with E-state index in [0.717, 1.165) is 0 Å². The Morgan fingerprint density at radius 2 is 2.07 bits per heavy atom. The van der Waals surface area contributed by atoms with Gasteiger partial charge in [-0.25, -0.2) is 0 Å². The molecule has 0 fully saturated rings. The van der Waals surface area contributed by atoms with Crippen molar-refractivity contribution in [2.45, 2.75) is 32.6 Å². The van der Waals surface area contributed by atoms with Crippen molar-refractivity contribution in [2.24, 2.45) is 0 Å². The molecule has 0 saturated carbocycles. The number of hydrogen-bond acceptors (Lipinski definition) is 0. The van der Waals surface area contributed by atoms with Crippen LogP contribution in [0, 0.1) is 0 Å². The molecule has 2 aliphatic heterocycles. The first kappa shape index (κ1) is 8.22. The Labute approximate surface area is 85.1 Å². The summed E-state index contributed by atoms with van der Waals surface area (Å²) in [6.45, 7) is 8.11. The lowest BCUT2D eigenvalue weighted by atomic mass is 9.81. The molecule has 0 bridgehead atoms. The number of hydrogen-bond donors (Lipinski definition) is 0. The zero-order valence-electron chi connectivity index (χ0n) is 9.09. The minimum absolute atomic E-state index is 0.242. The topological polar surface area (TPSA) is 3.01 Å². The highest BCUT2D eigenvalue weighted by molar-refractivity contribution is 5.94. The summed E-state index contributed by atoms with van der Waals surface area (Å²) < 4.78 is 2.50. The maximum Gasteiger partial charge on any atom is 0.212 e. The number of rotatable bonds is 0. The zero-order chi connectivity index (χ0) is 9.92. The lowest BCUT2D eigenvalue weighted by Crippen LogP contribution is -2.26. The largest absolute Gasteiger partial charge is 0.212 e. The minimum Gasteiger partial charge on any atom is -0.199 e. The average Bonchev–Trinajstić information content (AvgIpc) is 2.65. The van der Waals surface area contributed by atoms with Crippen LogP contribution in [0.25, 0.3) is 0 Å². The highest BCUT2D eigenvalue weighted by Gasteiger charge is 2.46. The molecular weight excluding hydrogens is 170 g/mol. The standard InChI is InChI=1S/C13H16N/c1-9-13(2,3)11-6-4-5-10-7-8-14(9)12(10)11/h4-6H,7-8H2,1-3H3/q+1. The number of benzene rings is 1. The smallest absolute Gasteiger partial charge is 0.199 e. The SMILES string of the molecule is CC1=[N+]2CCc3cccc(c32)C1(C)C. The molecule has 0 amide bonds. The fourth-order valence-corrected chi connectivity index (χ4v) is 2.83. The van der Waals surface area contributed by atoms with Gasteiger partial charge in [0.25, 0.3) is 0 Å². The molecule has 3 rings (SSSR count). The van der Waals surface area contributed by atoms with Crippen LogP contribution in [0.2, 0.25) is 0 Å². The van der Waals surface area contributed by atoms with Crippen LogP contribution in [0.4, 0.5) is 5.69 Å². The van der Waals surface area contributed by atoms with Crippen molar-refractivity contribution >= 4 is 11.4 Å². The third-order valence-electron chi connectivity index (χ3n) is 3.98. The van der Waals surface area contributed by atoms with Crippen LogP contribution >= 0.6 is 0 Å². The Morgan fingerprint density at radius 1 is 1.29 bits per heavy atom. The first-order chi connectivity index (χ1) is 6.62. The Bertz CT molecular complexity index is 452. The van der Waals surface area contributed by atoms with Crippen molar-refractivity contribution in [1.82, 2.24) is 0 Å². The second-order valence-corrected chi connectivity index (χ2v) is 4.93. The quantitative estimate of drug-likeness (QED) is 0.548. The molecule has 14 heavy (non-hydrogen) atoms. The van der Waals surface area contributed by atoms with E-state index in [1.165, 1.54) is 35.5 Å². The predicted molar refractivity (Wildman–Crippen MR) is 58.6 cm³/mol. The maximum atomic E-state index is 2.50. The van der Waals surface area contributed by atoms with Gasteiger partial charge in [0.15, 0.2) is 12.3 Å². The molecule has 2 aliphatic rings. The fourth-order valence-electron chi connectivity index (χ4n) is 2.83. The van der Waals surface area contributed by atoms with Crippen molar-refractivity contribution < 1.29 is 4.58 Å². The zero-order valence-corrected chi connectivity index (χ0v) is 9.09. The molecule has 0 radical (unpaired) electrons. The Morgan fingerprint density at radius 3 is 2.86 bits per heavy atom. The molecule has 72 valence electrons. The normalized spacial score (nSPS) is 21.6. The van der Waals surface area contributed by atoms with Gasteiger partial charge in [0.1, 0.15) is 0 Å². The van der Waals surface area contributed by atoms with Crippen LogP contribution in [0.3, 0.4) is 0 Å². The van der Waals surface area contributed by atoms with Crippen LogP contribution in [-0.2, 0) is 11.8 Å². The van der Waals surface area contributed by atoms with Gasteiger partial charge in [0, 0.05) is 24.5 Å². The van der Waals surface area contributed by atoms with Gasteiger partial charge in [-0.05, 0) is 13.8 Å². The molecule has 1 nitrogen and oxygen atoms in total. The van der Waals surface area contributed by atoms with Crippen LogP contribution in [0.5, 0.6) is 0 Å². The number of nitrogens with zero attached hydrogens (tertiary/aromatic N) is 1. The van der Waals surface area contributed by atoms with Crippen LogP contribution in [0.1, 0.15) is 31.9 Å². The molecular formula is C13H16N+. The van der Waals surface area contributed by atoms with E-state index in [-0.39, 0.29) is 5.41 Å². The molecule has 0 saturated heterocycles. The van der Waals surface area contributed by atoms with Gasteiger partial charge in [-0.15, -0.1) is 0 Å². The van der Waals surface area contributed by atoms with Crippen LogP contribution in [-0.4, -0.2) is 16.8 Å². The van der Waals surface area contributed by atoms with Gasteiger partial charge >= 0.3 is 0 Å². The van der Waals surface area contributed by atoms with E-state index in [1.54, 1.807) is 0 Å². The van der Waals surface area contributed by atoms with E-state index >= 15 is 0 Å². The first-order valence-corrected chi connectivity index (χ1v) is 5.36.